The van der Waals surface area contributed by atoms with Crippen molar-refractivity contribution in [1.29, 1.82) is 5.41 Å². The Hall–Kier alpha value is -3.48. The fraction of sp³-hybridized carbons (Fsp3) is 0.182. The number of thioether (sulfide) groups is 1. The molecule has 4 nitrogen and oxygen atoms in total. The van der Waals surface area contributed by atoms with Gasteiger partial charge in [-0.15, -0.1) is 11.8 Å². The molecule has 1 aliphatic rings. The van der Waals surface area contributed by atoms with Crippen LogP contribution in [0.25, 0.3) is 17.0 Å². The van der Waals surface area contributed by atoms with Gasteiger partial charge in [0.2, 0.25) is 5.78 Å². The highest BCUT2D eigenvalue weighted by atomic mass is 79.9. The Morgan fingerprint density at radius 1 is 1.05 bits per heavy atom. The molecule has 1 heterocycles. The Morgan fingerprint density at radius 2 is 1.82 bits per heavy atom. The van der Waals surface area contributed by atoms with Crippen LogP contribution in [-0.2, 0) is 13.0 Å². The summed E-state index contributed by atoms with van der Waals surface area (Å²) in [6.45, 7) is 4.84. The number of allylic oxidation sites excluding steroid dienone is 3. The first kappa shape index (κ1) is 27.1. The van der Waals surface area contributed by atoms with Crippen molar-refractivity contribution in [1.82, 2.24) is 4.57 Å². The number of Topliss-reactive ketones (excluding diaryl/α,β-unsaturated/α-hetero) is 2. The molecule has 0 unspecified atom stereocenters. The molecule has 0 amide bonds. The van der Waals surface area contributed by atoms with E-state index in [2.05, 4.69) is 27.4 Å². The number of aromatic nitrogens is 1. The number of halogens is 1. The van der Waals surface area contributed by atoms with Crippen LogP contribution in [0.15, 0.2) is 93.8 Å². The number of rotatable bonds is 9. The smallest absolute Gasteiger partial charge is 0.206 e. The van der Waals surface area contributed by atoms with Gasteiger partial charge in [0.1, 0.15) is 0 Å². The van der Waals surface area contributed by atoms with Gasteiger partial charge in [0, 0.05) is 73.4 Å². The molecule has 5 rings (SSSR count). The van der Waals surface area contributed by atoms with Gasteiger partial charge in [0.25, 0.3) is 0 Å². The average Bonchev–Trinajstić information content (AvgIpc) is 3.07. The van der Waals surface area contributed by atoms with Crippen LogP contribution in [-0.4, -0.2) is 27.6 Å². The number of fused-ring (bicyclic) bond motifs is 3. The Labute approximate surface area is 241 Å². The zero-order valence-electron chi connectivity index (χ0n) is 22.0. The first-order chi connectivity index (χ1) is 18.9. The maximum atomic E-state index is 13.5. The molecule has 0 atom stereocenters. The van der Waals surface area contributed by atoms with Crippen molar-refractivity contribution in [3.63, 3.8) is 0 Å². The third-order valence-corrected chi connectivity index (χ3v) is 8.60. The van der Waals surface area contributed by atoms with Crippen LogP contribution in [0, 0.1) is 12.3 Å². The molecule has 39 heavy (non-hydrogen) atoms. The molecule has 1 aromatic heterocycles. The molecular weight excluding hydrogens is 568 g/mol. The van der Waals surface area contributed by atoms with Crippen LogP contribution in [0.2, 0.25) is 0 Å². The lowest BCUT2D eigenvalue weighted by Crippen LogP contribution is -2.14. The Kier molecular flexibility index (Phi) is 8.15. The Bertz CT molecular complexity index is 1660. The number of hydrogen-bond acceptors (Lipinski definition) is 4. The molecule has 0 aliphatic heterocycles. The van der Waals surface area contributed by atoms with Gasteiger partial charge in [-0.25, -0.2) is 0 Å². The van der Waals surface area contributed by atoms with Gasteiger partial charge in [-0.05, 0) is 68.0 Å². The summed E-state index contributed by atoms with van der Waals surface area (Å²) < 4.78 is 3.28. The molecule has 0 saturated carbocycles. The SMILES string of the molecule is CCn1c2c(c3cc(C(=O)C(=N)CCSc4ccc(Br)cc4)ccc31)C=C(C(=O)c1ccccc1C)C=CC2. The van der Waals surface area contributed by atoms with Crippen LogP contribution >= 0.6 is 27.7 Å². The van der Waals surface area contributed by atoms with Crippen molar-refractivity contribution >= 4 is 61.9 Å². The quantitative estimate of drug-likeness (QED) is 0.120. The average molecular weight is 598 g/mol. The normalized spacial score (nSPS) is 12.6. The molecule has 4 aromatic rings. The number of carbonyl (C=O) groups excluding carboxylic acids is 2. The second kappa shape index (κ2) is 11.7. The van der Waals surface area contributed by atoms with E-state index in [-0.39, 0.29) is 17.3 Å². The lowest BCUT2D eigenvalue weighted by atomic mass is 9.97. The second-order valence-corrected chi connectivity index (χ2v) is 11.6. The molecule has 6 heteroatoms. The zero-order chi connectivity index (χ0) is 27.5. The number of nitrogens with zero attached hydrogens (tertiary/aromatic N) is 1. The summed E-state index contributed by atoms with van der Waals surface area (Å²) in [6.07, 6.45) is 7.02. The highest BCUT2D eigenvalue weighted by Gasteiger charge is 2.22. The van der Waals surface area contributed by atoms with E-state index in [9.17, 15) is 9.59 Å². The number of hydrogen-bond donors (Lipinski definition) is 1. The Balaban J connectivity index is 1.44. The number of benzene rings is 3. The summed E-state index contributed by atoms with van der Waals surface area (Å²) in [6, 6.07) is 21.4. The lowest BCUT2D eigenvalue weighted by molar-refractivity contribution is 0.103. The second-order valence-electron chi connectivity index (χ2n) is 9.55. The molecule has 0 radical (unpaired) electrons. The molecule has 0 spiro atoms. The van der Waals surface area contributed by atoms with E-state index in [0.717, 1.165) is 43.6 Å². The summed E-state index contributed by atoms with van der Waals surface area (Å²) in [5, 5.41) is 9.40. The summed E-state index contributed by atoms with van der Waals surface area (Å²) in [4.78, 5) is 27.8. The van der Waals surface area contributed by atoms with Crippen LogP contribution in [0.5, 0.6) is 0 Å². The van der Waals surface area contributed by atoms with E-state index >= 15 is 0 Å². The zero-order valence-corrected chi connectivity index (χ0v) is 24.4. The third kappa shape index (κ3) is 5.63. The monoisotopic (exact) mass is 596 g/mol. The largest absolute Gasteiger partial charge is 0.344 e. The lowest BCUT2D eigenvalue weighted by Gasteiger charge is -2.07. The van der Waals surface area contributed by atoms with Gasteiger partial charge in [-0.2, -0.15) is 0 Å². The fourth-order valence-electron chi connectivity index (χ4n) is 5.03. The van der Waals surface area contributed by atoms with E-state index in [0.29, 0.717) is 35.3 Å². The standard InChI is InChI=1S/C33H29BrN2O2S/c1-3-36-30-10-6-8-22(32(37)26-9-5-4-7-21(26)2)19-27(30)28-20-23(11-16-31(28)36)33(38)29(35)17-18-39-25-14-12-24(34)13-15-25/h4-9,11-16,19-20,35H,3,10,17-18H2,1-2H3. The summed E-state index contributed by atoms with van der Waals surface area (Å²) in [5.41, 5.74) is 6.02. The summed E-state index contributed by atoms with van der Waals surface area (Å²) in [7, 11) is 0. The van der Waals surface area contributed by atoms with Crippen LogP contribution < -0.4 is 0 Å². The molecule has 0 fully saturated rings. The van der Waals surface area contributed by atoms with Crippen molar-refractivity contribution < 1.29 is 9.59 Å². The van der Waals surface area contributed by atoms with E-state index < -0.39 is 0 Å². The molecule has 1 aliphatic carbocycles. The number of carbonyl (C=O) groups is 2. The van der Waals surface area contributed by atoms with E-state index in [1.165, 1.54) is 0 Å². The first-order valence-corrected chi connectivity index (χ1v) is 14.8. The number of aryl methyl sites for hydroxylation is 2. The van der Waals surface area contributed by atoms with E-state index in [1.807, 2.05) is 91.9 Å². The van der Waals surface area contributed by atoms with Gasteiger partial charge >= 0.3 is 0 Å². The van der Waals surface area contributed by atoms with Crippen molar-refractivity contribution in [3.05, 3.63) is 117 Å². The maximum Gasteiger partial charge on any atom is 0.206 e. The molecule has 3 aromatic carbocycles. The van der Waals surface area contributed by atoms with Crippen LogP contribution in [0.3, 0.4) is 0 Å². The highest BCUT2D eigenvalue weighted by Crippen LogP contribution is 2.33. The summed E-state index contributed by atoms with van der Waals surface area (Å²) >= 11 is 5.08. The summed E-state index contributed by atoms with van der Waals surface area (Å²) in [5.74, 6) is 0.402. The topological polar surface area (TPSA) is 62.9 Å². The molecule has 196 valence electrons. The molecule has 0 saturated heterocycles. The molecule has 1 N–H and O–H groups in total. The van der Waals surface area contributed by atoms with Gasteiger partial charge in [0.15, 0.2) is 5.78 Å². The fourth-order valence-corrected chi connectivity index (χ4v) is 6.17. The van der Waals surface area contributed by atoms with Crippen LogP contribution in [0.4, 0.5) is 0 Å². The number of ketones is 2. The minimum Gasteiger partial charge on any atom is -0.344 e. The van der Waals surface area contributed by atoms with Gasteiger partial charge < -0.3 is 9.98 Å². The molecule has 0 bridgehead atoms. The minimum absolute atomic E-state index is 0.00752. The van der Waals surface area contributed by atoms with Gasteiger partial charge in [0.05, 0.1) is 5.71 Å². The maximum absolute atomic E-state index is 13.5. The van der Waals surface area contributed by atoms with E-state index in [1.54, 1.807) is 11.8 Å². The number of nitrogens with one attached hydrogen (secondary N) is 1. The predicted molar refractivity (Wildman–Crippen MR) is 165 cm³/mol. The minimum atomic E-state index is -0.252. The first-order valence-electron chi connectivity index (χ1n) is 13.0. The predicted octanol–water partition coefficient (Wildman–Crippen LogP) is 8.50. The van der Waals surface area contributed by atoms with Crippen molar-refractivity contribution in [2.45, 2.75) is 38.1 Å². The van der Waals surface area contributed by atoms with Gasteiger partial charge in [-0.1, -0.05) is 52.3 Å². The van der Waals surface area contributed by atoms with Crippen molar-refractivity contribution in [3.8, 4) is 0 Å². The Morgan fingerprint density at radius 3 is 2.56 bits per heavy atom. The molecular formula is C33H29BrN2O2S. The van der Waals surface area contributed by atoms with Crippen LogP contribution in [0.1, 0.15) is 50.9 Å². The van der Waals surface area contributed by atoms with Gasteiger partial charge in [-0.3, -0.25) is 9.59 Å². The third-order valence-electron chi connectivity index (χ3n) is 7.06. The highest BCUT2D eigenvalue weighted by molar-refractivity contribution is 9.10. The van der Waals surface area contributed by atoms with Crippen molar-refractivity contribution in [2.24, 2.45) is 0 Å². The van der Waals surface area contributed by atoms with E-state index in [4.69, 9.17) is 5.41 Å². The van der Waals surface area contributed by atoms with Crippen molar-refractivity contribution in [2.75, 3.05) is 5.75 Å².